The van der Waals surface area contributed by atoms with Crippen molar-refractivity contribution in [1.29, 1.82) is 0 Å². The van der Waals surface area contributed by atoms with E-state index in [4.69, 9.17) is 28.2 Å². The van der Waals surface area contributed by atoms with E-state index < -0.39 is 0 Å². The molecule has 5 heteroatoms. The lowest BCUT2D eigenvalue weighted by Gasteiger charge is -2.12. The molecule has 0 atom stereocenters. The minimum atomic E-state index is 0.682. The molecule has 0 saturated carbocycles. The van der Waals surface area contributed by atoms with Crippen LogP contribution < -0.4 is 0 Å². The number of aromatic nitrogens is 3. The fourth-order valence-corrected chi connectivity index (χ4v) is 3.57. The number of benzene rings is 2. The molecular weight excluding hydrogens is 377 g/mol. The van der Waals surface area contributed by atoms with Gasteiger partial charge in [-0.3, -0.25) is 4.98 Å². The van der Waals surface area contributed by atoms with Crippen LogP contribution in [0.15, 0.2) is 73.1 Å². The zero-order chi connectivity index (χ0) is 18.8. The highest BCUT2D eigenvalue weighted by Crippen LogP contribution is 2.38. The van der Waals surface area contributed by atoms with Crippen molar-refractivity contribution in [3.05, 3.63) is 83.1 Å². The highest BCUT2D eigenvalue weighted by molar-refractivity contribution is 6.33. The fraction of sp³-hybridized carbons (Fsp3) is 0.0909. The summed E-state index contributed by atoms with van der Waals surface area (Å²) < 4.78 is 2.19. The zero-order valence-electron chi connectivity index (χ0n) is 14.7. The second kappa shape index (κ2) is 7.55. The van der Waals surface area contributed by atoms with Gasteiger partial charge in [-0.25, -0.2) is 4.98 Å². The van der Waals surface area contributed by atoms with Crippen LogP contribution in [0.5, 0.6) is 0 Å². The summed E-state index contributed by atoms with van der Waals surface area (Å²) in [7, 11) is 0. The van der Waals surface area contributed by atoms with Gasteiger partial charge in [-0.15, -0.1) is 0 Å². The molecule has 4 rings (SSSR count). The minimum Gasteiger partial charge on any atom is -0.324 e. The Morgan fingerprint density at radius 1 is 0.852 bits per heavy atom. The third-order valence-electron chi connectivity index (χ3n) is 4.47. The molecule has 0 radical (unpaired) electrons. The molecule has 0 bridgehead atoms. The maximum absolute atomic E-state index is 6.48. The molecule has 0 spiro atoms. The Bertz CT molecular complexity index is 1070. The third-order valence-corrected chi connectivity index (χ3v) is 5.05. The van der Waals surface area contributed by atoms with Gasteiger partial charge in [-0.05, 0) is 43.3 Å². The highest BCUT2D eigenvalue weighted by atomic mass is 35.5. The third kappa shape index (κ3) is 3.36. The Labute approximate surface area is 168 Å². The molecule has 2 aromatic heterocycles. The van der Waals surface area contributed by atoms with Crippen LogP contribution in [0.3, 0.4) is 0 Å². The number of hydrogen-bond acceptors (Lipinski definition) is 2. The van der Waals surface area contributed by atoms with Gasteiger partial charge in [0.05, 0.1) is 16.4 Å². The number of rotatable bonds is 4. The number of pyridine rings is 1. The maximum Gasteiger partial charge on any atom is 0.142 e. The summed E-state index contributed by atoms with van der Waals surface area (Å²) in [6, 6.07) is 19.6. The molecule has 2 aromatic carbocycles. The molecule has 3 nitrogen and oxygen atoms in total. The molecular formula is C22H17Cl2N3. The minimum absolute atomic E-state index is 0.682. The van der Waals surface area contributed by atoms with Crippen molar-refractivity contribution in [3.8, 4) is 33.9 Å². The highest BCUT2D eigenvalue weighted by Gasteiger charge is 2.21. The standard InChI is InChI=1S/C22H17Cl2N3/c1-2-27-21(16-7-9-17(23)10-8-16)20(15-11-13-25-14-12-15)26-22(27)18-5-3-4-6-19(18)24/h3-14H,2H2,1H3. The van der Waals surface area contributed by atoms with Crippen LogP contribution in [0.4, 0.5) is 0 Å². The topological polar surface area (TPSA) is 30.7 Å². The number of nitrogens with zero attached hydrogens (tertiary/aromatic N) is 3. The molecule has 27 heavy (non-hydrogen) atoms. The Hall–Kier alpha value is -2.62. The largest absolute Gasteiger partial charge is 0.324 e. The van der Waals surface area contributed by atoms with Gasteiger partial charge in [0, 0.05) is 40.7 Å². The van der Waals surface area contributed by atoms with Crippen molar-refractivity contribution < 1.29 is 0 Å². The van der Waals surface area contributed by atoms with Gasteiger partial charge in [0.25, 0.3) is 0 Å². The normalized spacial score (nSPS) is 10.9. The van der Waals surface area contributed by atoms with Crippen LogP contribution in [0, 0.1) is 0 Å². The van der Waals surface area contributed by atoms with E-state index in [-0.39, 0.29) is 0 Å². The average Bonchev–Trinajstić information content (AvgIpc) is 3.09. The van der Waals surface area contributed by atoms with Crippen molar-refractivity contribution >= 4 is 23.2 Å². The van der Waals surface area contributed by atoms with Crippen LogP contribution in [-0.4, -0.2) is 14.5 Å². The van der Waals surface area contributed by atoms with E-state index in [9.17, 15) is 0 Å². The molecule has 0 saturated heterocycles. The van der Waals surface area contributed by atoms with E-state index >= 15 is 0 Å². The van der Waals surface area contributed by atoms with Gasteiger partial charge in [-0.2, -0.15) is 0 Å². The Kier molecular flexibility index (Phi) is 4.97. The lowest BCUT2D eigenvalue weighted by atomic mass is 10.1. The van der Waals surface area contributed by atoms with Crippen molar-refractivity contribution in [2.75, 3.05) is 0 Å². The summed E-state index contributed by atoms with van der Waals surface area (Å²) in [5, 5.41) is 1.39. The van der Waals surface area contributed by atoms with Crippen LogP contribution in [0.25, 0.3) is 33.9 Å². The van der Waals surface area contributed by atoms with Crippen molar-refractivity contribution in [3.63, 3.8) is 0 Å². The van der Waals surface area contributed by atoms with Crippen LogP contribution >= 0.6 is 23.2 Å². The molecule has 0 aliphatic heterocycles. The van der Waals surface area contributed by atoms with E-state index in [1.807, 2.05) is 60.7 Å². The first kappa shape index (κ1) is 17.8. The fourth-order valence-electron chi connectivity index (χ4n) is 3.22. The molecule has 0 unspecified atom stereocenters. The predicted octanol–water partition coefficient (Wildman–Crippen LogP) is 6.61. The van der Waals surface area contributed by atoms with Gasteiger partial charge >= 0.3 is 0 Å². The van der Waals surface area contributed by atoms with Gasteiger partial charge in [0.15, 0.2) is 0 Å². The molecule has 2 heterocycles. The molecule has 0 N–H and O–H groups in total. The smallest absolute Gasteiger partial charge is 0.142 e. The zero-order valence-corrected chi connectivity index (χ0v) is 16.2. The molecule has 0 fully saturated rings. The Morgan fingerprint density at radius 3 is 2.22 bits per heavy atom. The number of imidazole rings is 1. The molecule has 4 aromatic rings. The SMILES string of the molecule is CCn1c(-c2ccccc2Cl)nc(-c2ccncc2)c1-c1ccc(Cl)cc1. The summed E-state index contributed by atoms with van der Waals surface area (Å²) in [5.41, 5.74) is 4.91. The summed E-state index contributed by atoms with van der Waals surface area (Å²) in [4.78, 5) is 9.13. The van der Waals surface area contributed by atoms with Gasteiger partial charge in [-0.1, -0.05) is 47.5 Å². The lowest BCUT2D eigenvalue weighted by molar-refractivity contribution is 0.778. The average molecular weight is 394 g/mol. The van der Waals surface area contributed by atoms with E-state index in [1.165, 1.54) is 0 Å². The monoisotopic (exact) mass is 393 g/mol. The van der Waals surface area contributed by atoms with E-state index in [2.05, 4.69) is 16.5 Å². The van der Waals surface area contributed by atoms with E-state index in [0.29, 0.717) is 10.0 Å². The summed E-state index contributed by atoms with van der Waals surface area (Å²) in [6.07, 6.45) is 3.56. The summed E-state index contributed by atoms with van der Waals surface area (Å²) >= 11 is 12.6. The van der Waals surface area contributed by atoms with Gasteiger partial charge < -0.3 is 4.57 Å². The Balaban J connectivity index is 2.03. The predicted molar refractivity (Wildman–Crippen MR) is 112 cm³/mol. The summed E-state index contributed by atoms with van der Waals surface area (Å²) in [5.74, 6) is 0.847. The molecule has 134 valence electrons. The second-order valence-electron chi connectivity index (χ2n) is 6.10. The molecule has 0 aliphatic carbocycles. The Morgan fingerprint density at radius 2 is 1.56 bits per heavy atom. The van der Waals surface area contributed by atoms with Gasteiger partial charge in [0.1, 0.15) is 5.82 Å². The quantitative estimate of drug-likeness (QED) is 0.390. The van der Waals surface area contributed by atoms with E-state index in [0.717, 1.165) is 40.4 Å². The van der Waals surface area contributed by atoms with Crippen LogP contribution in [0.2, 0.25) is 10.0 Å². The number of hydrogen-bond donors (Lipinski definition) is 0. The van der Waals surface area contributed by atoms with Crippen LogP contribution in [-0.2, 0) is 6.54 Å². The van der Waals surface area contributed by atoms with Crippen molar-refractivity contribution in [1.82, 2.24) is 14.5 Å². The van der Waals surface area contributed by atoms with Crippen molar-refractivity contribution in [2.45, 2.75) is 13.5 Å². The van der Waals surface area contributed by atoms with Crippen molar-refractivity contribution in [2.24, 2.45) is 0 Å². The van der Waals surface area contributed by atoms with Gasteiger partial charge in [0.2, 0.25) is 0 Å². The van der Waals surface area contributed by atoms with Crippen LogP contribution in [0.1, 0.15) is 6.92 Å². The first-order chi connectivity index (χ1) is 13.2. The molecule has 0 amide bonds. The molecule has 0 aliphatic rings. The second-order valence-corrected chi connectivity index (χ2v) is 6.94. The lowest BCUT2D eigenvalue weighted by Crippen LogP contribution is -2.00. The maximum atomic E-state index is 6.48. The first-order valence-electron chi connectivity index (χ1n) is 8.70. The summed E-state index contributed by atoms with van der Waals surface area (Å²) in [6.45, 7) is 2.87. The first-order valence-corrected chi connectivity index (χ1v) is 9.46. The van der Waals surface area contributed by atoms with E-state index in [1.54, 1.807) is 12.4 Å². The number of halogens is 2.